The Morgan fingerprint density at radius 3 is 2.16 bits per heavy atom. The van der Waals surface area contributed by atoms with Crippen molar-refractivity contribution in [2.75, 3.05) is 13.2 Å². The zero-order valence-corrected chi connectivity index (χ0v) is 24.6. The summed E-state index contributed by atoms with van der Waals surface area (Å²) in [7, 11) is 0. The van der Waals surface area contributed by atoms with E-state index < -0.39 is 6.04 Å². The Labute approximate surface area is 235 Å². The number of carbonyl (C=O) groups excluding carboxylic acids is 2. The van der Waals surface area contributed by atoms with Crippen LogP contribution in [-0.2, 0) is 28.0 Å². The van der Waals surface area contributed by atoms with E-state index >= 15 is 0 Å². The van der Waals surface area contributed by atoms with E-state index in [2.05, 4.69) is 55.9 Å². The first-order valence-electron chi connectivity index (χ1n) is 13.1. The number of ether oxygens (including phenoxy) is 1. The SMILES string of the molecule is CC(C)CNC(=O)C(Cc1ccccc1)N(Cc1ccc(Br)cc1)C(=O)COc1ccccc1C(C)(C)C. The molecule has 0 aromatic heterocycles. The number of rotatable bonds is 11. The molecule has 0 saturated carbocycles. The van der Waals surface area contributed by atoms with Gasteiger partial charge in [0.2, 0.25) is 5.91 Å². The molecule has 5 nitrogen and oxygen atoms in total. The van der Waals surface area contributed by atoms with E-state index in [4.69, 9.17) is 4.74 Å². The average molecular weight is 580 g/mol. The van der Waals surface area contributed by atoms with Crippen LogP contribution in [0, 0.1) is 5.92 Å². The van der Waals surface area contributed by atoms with Gasteiger partial charge in [0.15, 0.2) is 6.61 Å². The highest BCUT2D eigenvalue weighted by atomic mass is 79.9. The third kappa shape index (κ3) is 8.73. The summed E-state index contributed by atoms with van der Waals surface area (Å²) in [6, 6.07) is 24.8. The van der Waals surface area contributed by atoms with Crippen LogP contribution in [0.5, 0.6) is 5.75 Å². The minimum atomic E-state index is -0.686. The fourth-order valence-electron chi connectivity index (χ4n) is 4.20. The van der Waals surface area contributed by atoms with Crippen molar-refractivity contribution in [3.05, 3.63) is 100 Å². The lowest BCUT2D eigenvalue weighted by molar-refractivity contribution is -0.142. The molecule has 0 aliphatic rings. The normalized spacial score (nSPS) is 12.2. The number of hydrogen-bond donors (Lipinski definition) is 1. The zero-order chi connectivity index (χ0) is 27.7. The summed E-state index contributed by atoms with van der Waals surface area (Å²) in [6.45, 7) is 11.1. The minimum absolute atomic E-state index is 0.136. The molecule has 0 bridgehead atoms. The number of amides is 2. The van der Waals surface area contributed by atoms with Crippen LogP contribution in [0.4, 0.5) is 0 Å². The van der Waals surface area contributed by atoms with E-state index in [1.165, 1.54) is 0 Å². The first kappa shape index (κ1) is 29.4. The Hall–Kier alpha value is -3.12. The molecule has 3 rings (SSSR count). The van der Waals surface area contributed by atoms with E-state index in [0.717, 1.165) is 21.2 Å². The first-order valence-corrected chi connectivity index (χ1v) is 13.9. The largest absolute Gasteiger partial charge is 0.483 e. The third-order valence-electron chi connectivity index (χ3n) is 6.27. The Bertz CT molecular complexity index is 1190. The Balaban J connectivity index is 1.93. The minimum Gasteiger partial charge on any atom is -0.483 e. The third-order valence-corrected chi connectivity index (χ3v) is 6.80. The molecule has 0 aliphatic heterocycles. The molecule has 0 aliphatic carbocycles. The van der Waals surface area contributed by atoms with Crippen LogP contribution >= 0.6 is 15.9 Å². The van der Waals surface area contributed by atoms with Crippen molar-refractivity contribution in [1.29, 1.82) is 0 Å². The highest BCUT2D eigenvalue weighted by Gasteiger charge is 2.31. The zero-order valence-electron chi connectivity index (χ0n) is 23.0. The van der Waals surface area contributed by atoms with Crippen molar-refractivity contribution >= 4 is 27.7 Å². The molecule has 202 valence electrons. The Morgan fingerprint density at radius 1 is 0.895 bits per heavy atom. The lowest BCUT2D eigenvalue weighted by atomic mass is 9.86. The lowest BCUT2D eigenvalue weighted by Gasteiger charge is -2.32. The Kier molecular flexibility index (Phi) is 10.5. The summed E-state index contributed by atoms with van der Waals surface area (Å²) >= 11 is 3.48. The fourth-order valence-corrected chi connectivity index (χ4v) is 4.46. The lowest BCUT2D eigenvalue weighted by Crippen LogP contribution is -2.52. The molecule has 0 heterocycles. The smallest absolute Gasteiger partial charge is 0.261 e. The van der Waals surface area contributed by atoms with E-state index in [-0.39, 0.29) is 23.8 Å². The molecule has 0 saturated heterocycles. The number of carbonyl (C=O) groups is 2. The fraction of sp³-hybridized carbons (Fsp3) is 0.375. The number of hydrogen-bond acceptors (Lipinski definition) is 3. The van der Waals surface area contributed by atoms with Crippen molar-refractivity contribution in [3.8, 4) is 5.75 Å². The van der Waals surface area contributed by atoms with Gasteiger partial charge >= 0.3 is 0 Å². The van der Waals surface area contributed by atoms with E-state index in [9.17, 15) is 9.59 Å². The molecule has 0 spiro atoms. The topological polar surface area (TPSA) is 58.6 Å². The van der Waals surface area contributed by atoms with E-state index in [0.29, 0.717) is 31.2 Å². The maximum atomic E-state index is 13.8. The summed E-state index contributed by atoms with van der Waals surface area (Å²) in [6.07, 6.45) is 0.408. The standard InChI is InChI=1S/C32H39BrN2O3/c1-23(2)20-34-31(37)28(19-24-11-7-6-8-12-24)35(21-25-15-17-26(33)18-16-25)30(36)22-38-29-14-10-9-13-27(29)32(3,4)5/h6-18,23,28H,19-22H2,1-5H3,(H,34,37). The predicted octanol–water partition coefficient (Wildman–Crippen LogP) is 6.54. The number of halogens is 1. The molecule has 1 unspecified atom stereocenters. The molecular weight excluding hydrogens is 540 g/mol. The predicted molar refractivity (Wildman–Crippen MR) is 157 cm³/mol. The molecule has 1 atom stereocenters. The molecule has 0 fully saturated rings. The van der Waals surface area contributed by atoms with Gasteiger partial charge in [0.25, 0.3) is 5.91 Å². The molecule has 38 heavy (non-hydrogen) atoms. The molecule has 1 N–H and O–H groups in total. The maximum absolute atomic E-state index is 13.8. The van der Waals surface area contributed by atoms with Gasteiger partial charge in [-0.2, -0.15) is 0 Å². The molecule has 3 aromatic rings. The molecule has 6 heteroatoms. The van der Waals surface area contributed by atoms with Gasteiger partial charge in [-0.3, -0.25) is 9.59 Å². The monoisotopic (exact) mass is 578 g/mol. The van der Waals surface area contributed by atoms with Crippen LogP contribution in [0.25, 0.3) is 0 Å². The maximum Gasteiger partial charge on any atom is 0.261 e. The Morgan fingerprint density at radius 2 is 1.53 bits per heavy atom. The van der Waals surface area contributed by atoms with Crippen molar-refractivity contribution in [2.45, 2.75) is 59.0 Å². The second-order valence-electron chi connectivity index (χ2n) is 11.0. The quantitative estimate of drug-likeness (QED) is 0.281. The van der Waals surface area contributed by atoms with Crippen LogP contribution in [0.3, 0.4) is 0 Å². The van der Waals surface area contributed by atoms with Gasteiger partial charge in [-0.25, -0.2) is 0 Å². The summed E-state index contributed by atoms with van der Waals surface area (Å²) in [5, 5.41) is 3.05. The van der Waals surface area contributed by atoms with Gasteiger partial charge in [0, 0.05) is 24.0 Å². The summed E-state index contributed by atoms with van der Waals surface area (Å²) in [5.74, 6) is 0.574. The molecular formula is C32H39BrN2O3. The number of nitrogens with zero attached hydrogens (tertiary/aromatic N) is 1. The molecule has 2 amide bonds. The second-order valence-corrected chi connectivity index (χ2v) is 11.9. The van der Waals surface area contributed by atoms with Gasteiger partial charge in [-0.15, -0.1) is 0 Å². The summed E-state index contributed by atoms with van der Waals surface area (Å²) < 4.78 is 7.07. The molecule has 0 radical (unpaired) electrons. The van der Waals surface area contributed by atoms with Crippen molar-refractivity contribution in [2.24, 2.45) is 5.92 Å². The summed E-state index contributed by atoms with van der Waals surface area (Å²) in [4.78, 5) is 29.0. The van der Waals surface area contributed by atoms with Gasteiger partial charge in [-0.1, -0.05) is 111 Å². The van der Waals surface area contributed by atoms with E-state index in [1.54, 1.807) is 4.90 Å². The van der Waals surface area contributed by atoms with Gasteiger partial charge in [0.05, 0.1) is 0 Å². The number of para-hydroxylation sites is 1. The van der Waals surface area contributed by atoms with Crippen LogP contribution < -0.4 is 10.1 Å². The van der Waals surface area contributed by atoms with Crippen molar-refractivity contribution < 1.29 is 14.3 Å². The average Bonchev–Trinajstić information content (AvgIpc) is 2.89. The highest BCUT2D eigenvalue weighted by molar-refractivity contribution is 9.10. The van der Waals surface area contributed by atoms with Gasteiger partial charge in [-0.05, 0) is 46.2 Å². The molecule has 3 aromatic carbocycles. The van der Waals surface area contributed by atoms with Gasteiger partial charge in [0.1, 0.15) is 11.8 Å². The van der Waals surface area contributed by atoms with Crippen LogP contribution in [-0.4, -0.2) is 35.9 Å². The van der Waals surface area contributed by atoms with E-state index in [1.807, 2.05) is 78.9 Å². The van der Waals surface area contributed by atoms with Crippen LogP contribution in [0.15, 0.2) is 83.3 Å². The van der Waals surface area contributed by atoms with Crippen LogP contribution in [0.2, 0.25) is 0 Å². The van der Waals surface area contributed by atoms with Crippen molar-refractivity contribution in [1.82, 2.24) is 10.2 Å². The van der Waals surface area contributed by atoms with Crippen molar-refractivity contribution in [3.63, 3.8) is 0 Å². The van der Waals surface area contributed by atoms with Crippen LogP contribution in [0.1, 0.15) is 51.3 Å². The first-order chi connectivity index (χ1) is 18.0. The number of benzene rings is 3. The second kappa shape index (κ2) is 13.6. The highest BCUT2D eigenvalue weighted by Crippen LogP contribution is 2.31. The van der Waals surface area contributed by atoms with Gasteiger partial charge < -0.3 is 15.0 Å². The summed E-state index contributed by atoms with van der Waals surface area (Å²) in [5.41, 5.74) is 2.82. The number of nitrogens with one attached hydrogen (secondary N) is 1.